The second-order valence-corrected chi connectivity index (χ2v) is 8.91. The van der Waals surface area contributed by atoms with Gasteiger partial charge in [-0.1, -0.05) is 81.8 Å². The molecule has 3 heteroatoms. The van der Waals surface area contributed by atoms with Crippen molar-refractivity contribution in [3.05, 3.63) is 47.5 Å². The third-order valence-electron chi connectivity index (χ3n) is 5.00. The van der Waals surface area contributed by atoms with Gasteiger partial charge in [0, 0.05) is 4.90 Å². The normalized spacial score (nSPS) is 10.9. The van der Waals surface area contributed by atoms with Crippen molar-refractivity contribution in [2.75, 3.05) is 13.2 Å². The molecule has 0 saturated carbocycles. The van der Waals surface area contributed by atoms with E-state index in [-0.39, 0.29) is 0 Å². The van der Waals surface area contributed by atoms with Gasteiger partial charge in [0.05, 0.1) is 18.1 Å². The fraction of sp³-hybridized carbons (Fsp3) is 0.538. The van der Waals surface area contributed by atoms with Crippen LogP contribution in [-0.4, -0.2) is 13.2 Å². The van der Waals surface area contributed by atoms with Crippen molar-refractivity contribution < 1.29 is 9.47 Å². The number of hydrogen-bond donors (Lipinski definition) is 0. The third-order valence-corrected chi connectivity index (χ3v) is 6.05. The van der Waals surface area contributed by atoms with Crippen LogP contribution < -0.4 is 9.47 Å². The van der Waals surface area contributed by atoms with Crippen LogP contribution >= 0.6 is 11.8 Å². The summed E-state index contributed by atoms with van der Waals surface area (Å²) in [5.41, 5.74) is 2.43. The van der Waals surface area contributed by atoms with Gasteiger partial charge in [0.25, 0.3) is 0 Å². The third kappa shape index (κ3) is 8.74. The first-order valence-electron chi connectivity index (χ1n) is 11.3. The molecule has 0 amide bonds. The molecule has 0 radical (unpaired) electrons. The topological polar surface area (TPSA) is 18.5 Å². The van der Waals surface area contributed by atoms with Crippen molar-refractivity contribution in [1.82, 2.24) is 0 Å². The zero-order valence-corrected chi connectivity index (χ0v) is 19.6. The average molecular weight is 415 g/mol. The summed E-state index contributed by atoms with van der Waals surface area (Å²) in [7, 11) is 0. The van der Waals surface area contributed by atoms with E-state index in [4.69, 9.17) is 9.47 Å². The van der Waals surface area contributed by atoms with E-state index in [1.165, 1.54) is 49.0 Å². The maximum Gasteiger partial charge on any atom is 0.133 e. The highest BCUT2D eigenvalue weighted by molar-refractivity contribution is 7.99. The minimum Gasteiger partial charge on any atom is -0.493 e. The molecular weight excluding hydrogens is 376 g/mol. The number of rotatable bonds is 14. The molecule has 0 heterocycles. The predicted octanol–water partition coefficient (Wildman–Crippen LogP) is 8.37. The molecule has 0 aromatic heterocycles. The van der Waals surface area contributed by atoms with Crippen molar-refractivity contribution in [3.8, 4) is 11.5 Å². The molecule has 0 saturated heterocycles. The molecule has 160 valence electrons. The number of ether oxygens (including phenoxy) is 2. The van der Waals surface area contributed by atoms with Crippen molar-refractivity contribution in [2.24, 2.45) is 0 Å². The first-order chi connectivity index (χ1) is 14.1. The fourth-order valence-electron chi connectivity index (χ4n) is 3.15. The molecule has 0 aliphatic rings. The zero-order chi connectivity index (χ0) is 20.9. The zero-order valence-electron chi connectivity index (χ0n) is 18.8. The van der Waals surface area contributed by atoms with Crippen LogP contribution in [-0.2, 0) is 0 Å². The van der Waals surface area contributed by atoms with E-state index in [0.717, 1.165) is 48.0 Å². The van der Waals surface area contributed by atoms with Crippen LogP contribution in [0, 0.1) is 13.8 Å². The van der Waals surface area contributed by atoms with Crippen molar-refractivity contribution in [2.45, 2.75) is 88.9 Å². The van der Waals surface area contributed by atoms with Gasteiger partial charge < -0.3 is 9.47 Å². The van der Waals surface area contributed by atoms with Crippen LogP contribution in [0.5, 0.6) is 11.5 Å². The molecule has 2 aromatic rings. The number of benzene rings is 2. The van der Waals surface area contributed by atoms with Crippen LogP contribution in [0.25, 0.3) is 0 Å². The minimum absolute atomic E-state index is 0.776. The van der Waals surface area contributed by atoms with E-state index in [2.05, 4.69) is 64.1 Å². The summed E-state index contributed by atoms with van der Waals surface area (Å²) in [4.78, 5) is 2.36. The van der Waals surface area contributed by atoms with Gasteiger partial charge in [0.1, 0.15) is 11.5 Å². The van der Waals surface area contributed by atoms with Gasteiger partial charge in [-0.3, -0.25) is 0 Å². The van der Waals surface area contributed by atoms with Crippen LogP contribution in [0.3, 0.4) is 0 Å². The van der Waals surface area contributed by atoms with Gasteiger partial charge in [-0.05, 0) is 56.5 Å². The summed E-state index contributed by atoms with van der Waals surface area (Å²) in [5.74, 6) is 1.96. The SMILES string of the molecule is CCCCCCOc1cc(Sc2ccc(C)cc2)c(OCCCCCC)cc1C. The highest BCUT2D eigenvalue weighted by atomic mass is 32.2. The summed E-state index contributed by atoms with van der Waals surface area (Å²) >= 11 is 1.76. The van der Waals surface area contributed by atoms with Crippen molar-refractivity contribution in [1.29, 1.82) is 0 Å². The Kier molecular flexibility index (Phi) is 11.1. The monoisotopic (exact) mass is 414 g/mol. The van der Waals surface area contributed by atoms with Crippen LogP contribution in [0.1, 0.15) is 76.3 Å². The smallest absolute Gasteiger partial charge is 0.133 e. The van der Waals surface area contributed by atoms with Gasteiger partial charge in [-0.25, -0.2) is 0 Å². The highest BCUT2D eigenvalue weighted by Gasteiger charge is 2.12. The van der Waals surface area contributed by atoms with Gasteiger partial charge in [-0.15, -0.1) is 0 Å². The van der Waals surface area contributed by atoms with Gasteiger partial charge in [0.15, 0.2) is 0 Å². The standard InChI is InChI=1S/C26H38O2S/c1-5-7-9-11-17-27-24-20-26(29-23-15-13-21(3)14-16-23)25(19-22(24)4)28-18-12-10-8-6-2/h13-16,19-20H,5-12,17-18H2,1-4H3. The second kappa shape index (κ2) is 13.6. The Balaban J connectivity index is 2.09. The van der Waals surface area contributed by atoms with Gasteiger partial charge in [-0.2, -0.15) is 0 Å². The molecule has 2 nitrogen and oxygen atoms in total. The van der Waals surface area contributed by atoms with Crippen LogP contribution in [0.4, 0.5) is 0 Å². The predicted molar refractivity (Wildman–Crippen MR) is 126 cm³/mol. The molecule has 0 spiro atoms. The highest BCUT2D eigenvalue weighted by Crippen LogP contribution is 2.39. The van der Waals surface area contributed by atoms with Gasteiger partial charge in [0.2, 0.25) is 0 Å². The van der Waals surface area contributed by atoms with E-state index >= 15 is 0 Å². The molecule has 2 aromatic carbocycles. The van der Waals surface area contributed by atoms with Crippen LogP contribution in [0.15, 0.2) is 46.2 Å². The van der Waals surface area contributed by atoms with E-state index in [9.17, 15) is 0 Å². The lowest BCUT2D eigenvalue weighted by atomic mass is 10.2. The van der Waals surface area contributed by atoms with E-state index in [0.29, 0.717) is 0 Å². The molecule has 0 aliphatic carbocycles. The van der Waals surface area contributed by atoms with Crippen molar-refractivity contribution in [3.63, 3.8) is 0 Å². The first kappa shape index (κ1) is 23.7. The lowest BCUT2D eigenvalue weighted by Crippen LogP contribution is -2.02. The quantitative estimate of drug-likeness (QED) is 0.289. The molecule has 0 aliphatic heterocycles. The molecule has 0 fully saturated rings. The summed E-state index contributed by atoms with van der Waals surface area (Å²) in [6.07, 6.45) is 9.74. The Labute approximate surface area is 182 Å². The molecule has 0 unspecified atom stereocenters. The first-order valence-corrected chi connectivity index (χ1v) is 12.1. The lowest BCUT2D eigenvalue weighted by Gasteiger charge is -2.16. The molecule has 0 bridgehead atoms. The maximum absolute atomic E-state index is 6.20. The second-order valence-electron chi connectivity index (χ2n) is 7.80. The maximum atomic E-state index is 6.20. The molecule has 29 heavy (non-hydrogen) atoms. The summed E-state index contributed by atoms with van der Waals surface area (Å²) in [6, 6.07) is 13.0. The largest absolute Gasteiger partial charge is 0.493 e. The summed E-state index contributed by atoms with van der Waals surface area (Å²) in [6.45, 7) is 10.3. The fourth-order valence-corrected chi connectivity index (χ4v) is 4.06. The Morgan fingerprint density at radius 1 is 0.690 bits per heavy atom. The number of hydrogen-bond acceptors (Lipinski definition) is 3. The number of aryl methyl sites for hydroxylation is 2. The Morgan fingerprint density at radius 3 is 1.86 bits per heavy atom. The molecular formula is C26H38O2S. The lowest BCUT2D eigenvalue weighted by molar-refractivity contribution is 0.289. The average Bonchev–Trinajstić information content (AvgIpc) is 2.72. The van der Waals surface area contributed by atoms with Gasteiger partial charge >= 0.3 is 0 Å². The van der Waals surface area contributed by atoms with Crippen LogP contribution in [0.2, 0.25) is 0 Å². The van der Waals surface area contributed by atoms with Crippen molar-refractivity contribution >= 4 is 11.8 Å². The Hall–Kier alpha value is -1.61. The van der Waals surface area contributed by atoms with E-state index in [1.807, 2.05) is 0 Å². The Morgan fingerprint density at radius 2 is 1.28 bits per heavy atom. The molecule has 2 rings (SSSR count). The summed E-state index contributed by atoms with van der Waals surface area (Å²) in [5, 5.41) is 0. The van der Waals surface area contributed by atoms with E-state index in [1.54, 1.807) is 11.8 Å². The Bertz CT molecular complexity index is 709. The minimum atomic E-state index is 0.776. The summed E-state index contributed by atoms with van der Waals surface area (Å²) < 4.78 is 12.3. The van der Waals surface area contributed by atoms with E-state index < -0.39 is 0 Å². The number of unbranched alkanes of at least 4 members (excludes halogenated alkanes) is 6. The molecule has 0 N–H and O–H groups in total. The molecule has 0 atom stereocenters.